The van der Waals surface area contributed by atoms with Crippen LogP contribution in [0.1, 0.15) is 5.56 Å². The van der Waals surface area contributed by atoms with Crippen molar-refractivity contribution in [3.8, 4) is 0 Å². The number of benzene rings is 2. The highest BCUT2D eigenvalue weighted by molar-refractivity contribution is 5.66. The number of rotatable bonds is 5. The second-order valence-electron chi connectivity index (χ2n) is 6.13. The molecule has 7 nitrogen and oxygen atoms in total. The number of hydrogen-bond donors (Lipinski definition) is 0. The number of hydrogen-bond acceptors (Lipinski definition) is 6. The maximum Gasteiger partial charge on any atom is 0.421 e. The zero-order valence-electron chi connectivity index (χ0n) is 15.5. The van der Waals surface area contributed by atoms with E-state index >= 15 is 0 Å². The van der Waals surface area contributed by atoms with Crippen molar-refractivity contribution in [1.29, 1.82) is 0 Å². The molecule has 0 aliphatic rings. The van der Waals surface area contributed by atoms with E-state index in [4.69, 9.17) is 0 Å². The maximum atomic E-state index is 13.5. The molecule has 3 rings (SSSR count). The van der Waals surface area contributed by atoms with Crippen LogP contribution in [-0.2, 0) is 6.18 Å². The Labute approximate surface area is 164 Å². The van der Waals surface area contributed by atoms with Crippen molar-refractivity contribution in [1.82, 2.24) is 9.97 Å². The fourth-order valence-electron chi connectivity index (χ4n) is 2.67. The number of halogens is 3. The molecule has 0 amide bonds. The average Bonchev–Trinajstić information content (AvgIpc) is 2.72. The molecule has 2 aromatic carbocycles. The lowest BCUT2D eigenvalue weighted by atomic mass is 10.2. The van der Waals surface area contributed by atoms with Crippen LogP contribution in [0, 0.1) is 10.1 Å². The molecular formula is C19H16F3N5O2. The molecule has 29 heavy (non-hydrogen) atoms. The first-order valence-corrected chi connectivity index (χ1v) is 8.39. The fourth-order valence-corrected chi connectivity index (χ4v) is 2.67. The molecule has 0 radical (unpaired) electrons. The normalized spacial score (nSPS) is 11.2. The van der Waals surface area contributed by atoms with E-state index in [1.807, 2.05) is 6.07 Å². The summed E-state index contributed by atoms with van der Waals surface area (Å²) < 4.78 is 40.6. The van der Waals surface area contributed by atoms with Crippen LogP contribution in [-0.4, -0.2) is 29.0 Å². The Morgan fingerprint density at radius 1 is 0.931 bits per heavy atom. The van der Waals surface area contributed by atoms with E-state index in [1.54, 1.807) is 36.2 Å². The van der Waals surface area contributed by atoms with Crippen LogP contribution in [0.25, 0.3) is 0 Å². The van der Waals surface area contributed by atoms with Crippen molar-refractivity contribution in [3.63, 3.8) is 0 Å². The first-order chi connectivity index (χ1) is 13.7. The molecule has 0 spiro atoms. The van der Waals surface area contributed by atoms with Crippen LogP contribution in [0.5, 0.6) is 0 Å². The summed E-state index contributed by atoms with van der Waals surface area (Å²) in [5.41, 5.74) is -0.154. The van der Waals surface area contributed by atoms with Crippen LogP contribution < -0.4 is 9.80 Å². The Morgan fingerprint density at radius 2 is 1.52 bits per heavy atom. The Bertz CT molecular complexity index is 1010. The summed E-state index contributed by atoms with van der Waals surface area (Å²) in [6.07, 6.45) is -3.94. The van der Waals surface area contributed by atoms with Gasteiger partial charge in [-0.2, -0.15) is 18.2 Å². The van der Waals surface area contributed by atoms with Crippen molar-refractivity contribution in [2.45, 2.75) is 6.18 Å². The Kier molecular flexibility index (Phi) is 5.35. The number of non-ortho nitro benzene ring substituents is 1. The quantitative estimate of drug-likeness (QED) is 0.444. The Morgan fingerprint density at radius 3 is 2.07 bits per heavy atom. The average molecular weight is 403 g/mol. The summed E-state index contributed by atoms with van der Waals surface area (Å²) in [5, 5.41) is 10.8. The minimum Gasteiger partial charge on any atom is -0.329 e. The maximum absolute atomic E-state index is 13.5. The molecule has 0 saturated carbocycles. The molecule has 1 aromatic heterocycles. The number of anilines is 4. The number of nitrogens with zero attached hydrogens (tertiary/aromatic N) is 5. The molecule has 0 bridgehead atoms. The lowest BCUT2D eigenvalue weighted by Crippen LogP contribution is -2.21. The topological polar surface area (TPSA) is 75.4 Å². The van der Waals surface area contributed by atoms with Crippen LogP contribution in [0.4, 0.5) is 42.0 Å². The number of para-hydroxylation sites is 1. The lowest BCUT2D eigenvalue weighted by Gasteiger charge is -2.24. The predicted octanol–water partition coefficient (Wildman–Crippen LogP) is 4.94. The monoisotopic (exact) mass is 403 g/mol. The van der Waals surface area contributed by atoms with Gasteiger partial charge in [-0.05, 0) is 24.3 Å². The third-order valence-electron chi connectivity index (χ3n) is 4.27. The lowest BCUT2D eigenvalue weighted by molar-refractivity contribution is -0.384. The van der Waals surface area contributed by atoms with Gasteiger partial charge in [-0.3, -0.25) is 10.1 Å². The molecule has 0 fully saturated rings. The van der Waals surface area contributed by atoms with Crippen LogP contribution in [0.3, 0.4) is 0 Å². The van der Waals surface area contributed by atoms with Crippen molar-refractivity contribution >= 4 is 28.8 Å². The molecule has 10 heteroatoms. The van der Waals surface area contributed by atoms with Crippen LogP contribution in [0.2, 0.25) is 0 Å². The second-order valence-corrected chi connectivity index (χ2v) is 6.13. The van der Waals surface area contributed by atoms with Gasteiger partial charge in [0.2, 0.25) is 5.95 Å². The van der Waals surface area contributed by atoms with E-state index in [-0.39, 0.29) is 17.5 Å². The first kappa shape index (κ1) is 20.1. The molecule has 3 aromatic rings. The highest BCUT2D eigenvalue weighted by Crippen LogP contribution is 2.38. The zero-order valence-corrected chi connectivity index (χ0v) is 15.5. The van der Waals surface area contributed by atoms with E-state index in [2.05, 4.69) is 9.97 Å². The summed E-state index contributed by atoms with van der Waals surface area (Å²) >= 11 is 0. The molecular weight excluding hydrogens is 387 g/mol. The third kappa shape index (κ3) is 4.26. The highest BCUT2D eigenvalue weighted by Gasteiger charge is 2.37. The number of alkyl halides is 3. The van der Waals surface area contributed by atoms with E-state index in [0.29, 0.717) is 11.4 Å². The standard InChI is InChI=1S/C19H16F3N5O2/c1-25(14-8-10-15(11-9-14)27(28)29)17-16(19(20,21)22)12-23-18(24-17)26(2)13-6-4-3-5-7-13/h3-12H,1-2H3. The third-order valence-corrected chi connectivity index (χ3v) is 4.27. The number of aromatic nitrogens is 2. The zero-order chi connectivity index (χ0) is 21.2. The molecule has 0 unspecified atom stereocenters. The minimum atomic E-state index is -4.67. The van der Waals surface area contributed by atoms with E-state index in [9.17, 15) is 23.3 Å². The van der Waals surface area contributed by atoms with Gasteiger partial charge in [0.05, 0.1) is 4.92 Å². The van der Waals surface area contributed by atoms with E-state index < -0.39 is 16.7 Å². The van der Waals surface area contributed by atoms with Gasteiger partial charge in [-0.1, -0.05) is 18.2 Å². The van der Waals surface area contributed by atoms with E-state index in [0.717, 1.165) is 6.20 Å². The molecule has 0 atom stereocenters. The van der Waals surface area contributed by atoms with Gasteiger partial charge in [0, 0.05) is 43.8 Å². The van der Waals surface area contributed by atoms with Gasteiger partial charge in [0.15, 0.2) is 5.82 Å². The SMILES string of the molecule is CN(c1ccccc1)c1ncc(C(F)(F)F)c(N(C)c2ccc([N+](=O)[O-])cc2)n1. The summed E-state index contributed by atoms with van der Waals surface area (Å²) in [5.74, 6) is -0.285. The number of nitro benzene ring substituents is 1. The predicted molar refractivity (Wildman–Crippen MR) is 103 cm³/mol. The molecule has 0 N–H and O–H groups in total. The molecule has 150 valence electrons. The van der Waals surface area contributed by atoms with Crippen molar-refractivity contribution < 1.29 is 18.1 Å². The van der Waals surface area contributed by atoms with Gasteiger partial charge in [0.1, 0.15) is 5.56 Å². The van der Waals surface area contributed by atoms with Gasteiger partial charge >= 0.3 is 6.18 Å². The van der Waals surface area contributed by atoms with Gasteiger partial charge in [0.25, 0.3) is 5.69 Å². The van der Waals surface area contributed by atoms with Crippen molar-refractivity contribution in [3.05, 3.63) is 76.5 Å². The van der Waals surface area contributed by atoms with Gasteiger partial charge < -0.3 is 9.80 Å². The van der Waals surface area contributed by atoms with Crippen molar-refractivity contribution in [2.24, 2.45) is 0 Å². The largest absolute Gasteiger partial charge is 0.421 e. The molecule has 0 aliphatic heterocycles. The highest BCUT2D eigenvalue weighted by atomic mass is 19.4. The minimum absolute atomic E-state index is 0.0768. The van der Waals surface area contributed by atoms with Crippen molar-refractivity contribution in [2.75, 3.05) is 23.9 Å². The van der Waals surface area contributed by atoms with Gasteiger partial charge in [-0.15, -0.1) is 0 Å². The molecule has 0 aliphatic carbocycles. The fraction of sp³-hybridized carbons (Fsp3) is 0.158. The van der Waals surface area contributed by atoms with Gasteiger partial charge in [-0.25, -0.2) is 4.98 Å². The Hall–Kier alpha value is -3.69. The smallest absolute Gasteiger partial charge is 0.329 e. The van der Waals surface area contributed by atoms with Crippen LogP contribution >= 0.6 is 0 Å². The summed E-state index contributed by atoms with van der Waals surface area (Å²) in [6.45, 7) is 0. The second kappa shape index (κ2) is 7.74. The van der Waals surface area contributed by atoms with E-state index in [1.165, 1.54) is 36.2 Å². The molecule has 0 saturated heterocycles. The summed E-state index contributed by atoms with van der Waals surface area (Å²) in [4.78, 5) is 21.0. The number of nitro groups is 1. The summed E-state index contributed by atoms with van der Waals surface area (Å²) in [7, 11) is 3.05. The first-order valence-electron chi connectivity index (χ1n) is 8.39. The molecule has 1 heterocycles. The summed E-state index contributed by atoms with van der Waals surface area (Å²) in [6, 6.07) is 14.1. The Balaban J connectivity index is 2.05. The van der Waals surface area contributed by atoms with Crippen LogP contribution in [0.15, 0.2) is 60.8 Å².